The summed E-state index contributed by atoms with van der Waals surface area (Å²) in [6.07, 6.45) is 3.05. The minimum atomic E-state index is -0.660. The van der Waals surface area contributed by atoms with E-state index >= 15 is 0 Å². The highest BCUT2D eigenvalue weighted by Gasteiger charge is 2.18. The fraction of sp³-hybridized carbons (Fsp3) is 1.00. The Labute approximate surface area is 101 Å². The lowest BCUT2D eigenvalue weighted by atomic mass is 10.2. The van der Waals surface area contributed by atoms with E-state index in [9.17, 15) is 4.21 Å². The lowest BCUT2D eigenvalue weighted by molar-refractivity contribution is -0.0251. The molecule has 1 rings (SSSR count). The Morgan fingerprint density at radius 3 is 3.06 bits per heavy atom. The van der Waals surface area contributed by atoms with Gasteiger partial charge in [0.2, 0.25) is 0 Å². The Morgan fingerprint density at radius 1 is 1.56 bits per heavy atom. The summed E-state index contributed by atoms with van der Waals surface area (Å²) >= 11 is 0. The average molecular weight is 248 g/mol. The standard InChI is InChI=1S/C11H24N2O2S/c1-3-13-6-7-15-11(10-13)9-12-5-4-8-16(2)14/h11-12H,3-10H2,1-2H3. The van der Waals surface area contributed by atoms with Crippen molar-refractivity contribution >= 4 is 10.8 Å². The maximum absolute atomic E-state index is 10.8. The van der Waals surface area contributed by atoms with Crippen molar-refractivity contribution < 1.29 is 8.95 Å². The first kappa shape index (κ1) is 14.1. The molecule has 16 heavy (non-hydrogen) atoms. The van der Waals surface area contributed by atoms with Gasteiger partial charge in [-0.25, -0.2) is 0 Å². The normalized spacial score (nSPS) is 24.5. The van der Waals surface area contributed by atoms with E-state index in [-0.39, 0.29) is 0 Å². The second kappa shape index (κ2) is 8.17. The summed E-state index contributed by atoms with van der Waals surface area (Å²) < 4.78 is 16.5. The van der Waals surface area contributed by atoms with E-state index in [0.29, 0.717) is 6.10 Å². The fourth-order valence-electron chi connectivity index (χ4n) is 1.85. The van der Waals surface area contributed by atoms with E-state index in [1.807, 2.05) is 0 Å². The molecule has 0 spiro atoms. The first-order chi connectivity index (χ1) is 7.72. The minimum absolute atomic E-state index is 0.320. The monoisotopic (exact) mass is 248 g/mol. The van der Waals surface area contributed by atoms with Gasteiger partial charge in [0.05, 0.1) is 12.7 Å². The molecule has 0 radical (unpaired) electrons. The highest BCUT2D eigenvalue weighted by molar-refractivity contribution is 7.84. The molecule has 4 nitrogen and oxygen atoms in total. The molecular weight excluding hydrogens is 224 g/mol. The van der Waals surface area contributed by atoms with Crippen molar-refractivity contribution in [1.29, 1.82) is 0 Å². The van der Waals surface area contributed by atoms with Crippen molar-refractivity contribution in [2.45, 2.75) is 19.4 Å². The minimum Gasteiger partial charge on any atom is -0.374 e. The van der Waals surface area contributed by atoms with Gasteiger partial charge in [-0.15, -0.1) is 0 Å². The molecular formula is C11H24N2O2S. The molecule has 2 unspecified atom stereocenters. The summed E-state index contributed by atoms with van der Waals surface area (Å²) in [4.78, 5) is 2.41. The third-order valence-corrected chi connectivity index (χ3v) is 3.69. The van der Waals surface area contributed by atoms with Crippen LogP contribution in [-0.4, -0.2) is 66.6 Å². The van der Waals surface area contributed by atoms with Crippen LogP contribution in [0.5, 0.6) is 0 Å². The molecule has 1 saturated heterocycles. The Morgan fingerprint density at radius 2 is 2.38 bits per heavy atom. The first-order valence-electron chi connectivity index (χ1n) is 6.07. The Kier molecular flexibility index (Phi) is 7.20. The summed E-state index contributed by atoms with van der Waals surface area (Å²) in [6.45, 7) is 8.07. The lowest BCUT2D eigenvalue weighted by Crippen LogP contribution is -2.46. The molecule has 1 aliphatic rings. The van der Waals surface area contributed by atoms with Gasteiger partial charge in [0, 0.05) is 42.4 Å². The molecule has 1 N–H and O–H groups in total. The molecule has 0 aromatic carbocycles. The zero-order valence-electron chi connectivity index (χ0n) is 10.4. The van der Waals surface area contributed by atoms with Crippen LogP contribution in [0.15, 0.2) is 0 Å². The number of likely N-dealkylation sites (N-methyl/N-ethyl adjacent to an activating group) is 1. The van der Waals surface area contributed by atoms with Crippen molar-refractivity contribution in [2.24, 2.45) is 0 Å². The molecule has 0 aromatic heterocycles. The summed E-state index contributed by atoms with van der Waals surface area (Å²) in [5.41, 5.74) is 0. The first-order valence-corrected chi connectivity index (χ1v) is 7.79. The Balaban J connectivity index is 2.01. The van der Waals surface area contributed by atoms with Crippen molar-refractivity contribution in [3.8, 4) is 0 Å². The van der Waals surface area contributed by atoms with E-state index in [2.05, 4.69) is 17.1 Å². The molecule has 0 saturated carbocycles. The zero-order chi connectivity index (χ0) is 11.8. The van der Waals surface area contributed by atoms with Crippen molar-refractivity contribution in [2.75, 3.05) is 51.3 Å². The SMILES string of the molecule is CCN1CCOC(CNCCCS(C)=O)C1. The molecule has 0 bridgehead atoms. The largest absolute Gasteiger partial charge is 0.374 e. The second-order valence-electron chi connectivity index (χ2n) is 4.22. The maximum atomic E-state index is 10.8. The Hall–Kier alpha value is 0.0300. The number of morpholine rings is 1. The molecule has 0 amide bonds. The lowest BCUT2D eigenvalue weighted by Gasteiger charge is -2.32. The average Bonchev–Trinajstić information content (AvgIpc) is 2.28. The highest BCUT2D eigenvalue weighted by Crippen LogP contribution is 2.03. The van der Waals surface area contributed by atoms with Gasteiger partial charge in [0.1, 0.15) is 0 Å². The topological polar surface area (TPSA) is 41.6 Å². The number of nitrogens with zero attached hydrogens (tertiary/aromatic N) is 1. The molecule has 96 valence electrons. The quantitative estimate of drug-likeness (QED) is 0.647. The zero-order valence-corrected chi connectivity index (χ0v) is 11.2. The van der Waals surface area contributed by atoms with Crippen LogP contribution in [-0.2, 0) is 15.5 Å². The van der Waals surface area contributed by atoms with E-state index in [4.69, 9.17) is 4.74 Å². The maximum Gasteiger partial charge on any atom is 0.0826 e. The molecule has 1 aliphatic heterocycles. The smallest absolute Gasteiger partial charge is 0.0826 e. The van der Waals surface area contributed by atoms with Crippen LogP contribution in [0.1, 0.15) is 13.3 Å². The van der Waals surface area contributed by atoms with Crippen LogP contribution in [0.25, 0.3) is 0 Å². The van der Waals surface area contributed by atoms with Crippen molar-refractivity contribution in [3.05, 3.63) is 0 Å². The van der Waals surface area contributed by atoms with Crippen molar-refractivity contribution in [1.82, 2.24) is 10.2 Å². The van der Waals surface area contributed by atoms with E-state index in [1.165, 1.54) is 0 Å². The van der Waals surface area contributed by atoms with Gasteiger partial charge in [-0.05, 0) is 19.5 Å². The second-order valence-corrected chi connectivity index (χ2v) is 5.78. The number of hydrogen-bond donors (Lipinski definition) is 1. The summed E-state index contributed by atoms with van der Waals surface area (Å²) in [5.74, 6) is 0.791. The van der Waals surface area contributed by atoms with Gasteiger partial charge in [-0.2, -0.15) is 0 Å². The molecule has 5 heteroatoms. The van der Waals surface area contributed by atoms with Crippen LogP contribution in [0.3, 0.4) is 0 Å². The molecule has 0 aromatic rings. The molecule has 1 heterocycles. The number of hydrogen-bond acceptors (Lipinski definition) is 4. The van der Waals surface area contributed by atoms with Crippen LogP contribution < -0.4 is 5.32 Å². The third-order valence-electron chi connectivity index (χ3n) is 2.83. The summed E-state index contributed by atoms with van der Waals surface area (Å²) in [7, 11) is -0.660. The number of ether oxygens (including phenoxy) is 1. The summed E-state index contributed by atoms with van der Waals surface area (Å²) in [5, 5.41) is 3.37. The van der Waals surface area contributed by atoms with Crippen molar-refractivity contribution in [3.63, 3.8) is 0 Å². The van der Waals surface area contributed by atoms with Gasteiger partial charge in [-0.1, -0.05) is 6.92 Å². The van der Waals surface area contributed by atoms with Gasteiger partial charge < -0.3 is 10.1 Å². The molecule has 2 atom stereocenters. The van der Waals surface area contributed by atoms with Crippen LogP contribution >= 0.6 is 0 Å². The van der Waals surface area contributed by atoms with E-state index in [1.54, 1.807) is 6.26 Å². The highest BCUT2D eigenvalue weighted by atomic mass is 32.2. The van der Waals surface area contributed by atoms with Crippen LogP contribution in [0.2, 0.25) is 0 Å². The van der Waals surface area contributed by atoms with Crippen LogP contribution in [0, 0.1) is 0 Å². The molecule has 1 fully saturated rings. The molecule has 0 aliphatic carbocycles. The predicted octanol–water partition coefficient (Wildman–Crippen LogP) is 0.0653. The van der Waals surface area contributed by atoms with Gasteiger partial charge in [-0.3, -0.25) is 9.11 Å². The number of rotatable bonds is 7. The summed E-state index contributed by atoms with van der Waals surface area (Å²) in [6, 6.07) is 0. The van der Waals surface area contributed by atoms with Gasteiger partial charge in [0.15, 0.2) is 0 Å². The number of nitrogens with one attached hydrogen (secondary N) is 1. The Bertz CT molecular complexity index is 214. The predicted molar refractivity (Wildman–Crippen MR) is 68.3 cm³/mol. The van der Waals surface area contributed by atoms with Crippen LogP contribution in [0.4, 0.5) is 0 Å². The fourth-order valence-corrected chi connectivity index (χ4v) is 2.41. The van der Waals surface area contributed by atoms with E-state index < -0.39 is 10.8 Å². The third kappa shape index (κ3) is 5.94. The van der Waals surface area contributed by atoms with Gasteiger partial charge in [0.25, 0.3) is 0 Å². The van der Waals surface area contributed by atoms with Gasteiger partial charge >= 0.3 is 0 Å². The van der Waals surface area contributed by atoms with E-state index in [0.717, 1.165) is 51.5 Å².